The number of carbonyl (C=O) groups excluding carboxylic acids is 1. The first-order chi connectivity index (χ1) is 10.4. The van der Waals surface area contributed by atoms with E-state index < -0.39 is 4.92 Å². The van der Waals surface area contributed by atoms with E-state index in [1.54, 1.807) is 17.9 Å². The third kappa shape index (κ3) is 3.43. The lowest BCUT2D eigenvalue weighted by atomic mass is 10.1. The van der Waals surface area contributed by atoms with Gasteiger partial charge in [0.25, 0.3) is 11.6 Å². The molecule has 0 saturated carbocycles. The fourth-order valence-electron chi connectivity index (χ4n) is 2.02. The number of nitro benzene ring substituents is 1. The van der Waals surface area contributed by atoms with Gasteiger partial charge in [0.2, 0.25) is 0 Å². The van der Waals surface area contributed by atoms with E-state index >= 15 is 0 Å². The number of aryl methyl sites for hydroxylation is 1. The van der Waals surface area contributed by atoms with Crippen molar-refractivity contribution >= 4 is 23.2 Å². The number of amides is 1. The third-order valence-electron chi connectivity index (χ3n) is 3.17. The highest BCUT2D eigenvalue weighted by Crippen LogP contribution is 2.25. The molecule has 8 heteroatoms. The van der Waals surface area contributed by atoms with Crippen molar-refractivity contribution < 1.29 is 9.72 Å². The first kappa shape index (κ1) is 16.0. The highest BCUT2D eigenvalue weighted by molar-refractivity contribution is 6.33. The maximum Gasteiger partial charge on any atom is 0.287 e. The minimum Gasteiger partial charge on any atom is -0.337 e. The van der Waals surface area contributed by atoms with Crippen molar-refractivity contribution in [3.05, 3.63) is 56.9 Å². The summed E-state index contributed by atoms with van der Waals surface area (Å²) in [4.78, 5) is 24.0. The smallest absolute Gasteiger partial charge is 0.287 e. The van der Waals surface area contributed by atoms with E-state index in [9.17, 15) is 14.9 Å². The van der Waals surface area contributed by atoms with Crippen LogP contribution in [-0.2, 0) is 13.1 Å². The Morgan fingerprint density at radius 2 is 2.23 bits per heavy atom. The van der Waals surface area contributed by atoms with Crippen molar-refractivity contribution in [2.24, 2.45) is 0 Å². The Kier molecular flexibility index (Phi) is 4.77. The molecule has 0 aliphatic heterocycles. The second-order valence-electron chi connectivity index (χ2n) is 4.79. The number of carbonyl (C=O) groups is 1. The van der Waals surface area contributed by atoms with Crippen LogP contribution in [0.25, 0.3) is 0 Å². The van der Waals surface area contributed by atoms with Gasteiger partial charge in [-0.25, -0.2) is 0 Å². The summed E-state index contributed by atoms with van der Waals surface area (Å²) in [7, 11) is 1.65. The average Bonchev–Trinajstić information content (AvgIpc) is 2.93. The fraction of sp³-hybridized carbons (Fsp3) is 0.286. The molecule has 1 heterocycles. The molecule has 116 valence electrons. The molecule has 1 aromatic heterocycles. The van der Waals surface area contributed by atoms with Crippen molar-refractivity contribution in [1.82, 2.24) is 14.7 Å². The normalized spacial score (nSPS) is 10.5. The first-order valence-corrected chi connectivity index (χ1v) is 7.01. The summed E-state index contributed by atoms with van der Waals surface area (Å²) in [5, 5.41) is 14.8. The van der Waals surface area contributed by atoms with E-state index in [2.05, 4.69) is 5.10 Å². The van der Waals surface area contributed by atoms with Crippen LogP contribution in [0, 0.1) is 10.1 Å². The van der Waals surface area contributed by atoms with Crippen molar-refractivity contribution in [2.45, 2.75) is 20.0 Å². The SMILES string of the molecule is CCn1cc(CN(C)C(=O)c2ccc([N+](=O)[O-])c(Cl)c2)cn1. The van der Waals surface area contributed by atoms with Gasteiger partial charge in [-0.3, -0.25) is 19.6 Å². The summed E-state index contributed by atoms with van der Waals surface area (Å²) >= 11 is 5.83. The monoisotopic (exact) mass is 322 g/mol. The minimum atomic E-state index is -0.584. The molecule has 0 saturated heterocycles. The maximum absolute atomic E-state index is 12.3. The molecular formula is C14H15ClN4O3. The van der Waals surface area contributed by atoms with Crippen LogP contribution in [0.3, 0.4) is 0 Å². The van der Waals surface area contributed by atoms with Gasteiger partial charge in [0.1, 0.15) is 5.02 Å². The highest BCUT2D eigenvalue weighted by Gasteiger charge is 2.18. The topological polar surface area (TPSA) is 81.3 Å². The molecule has 2 rings (SSSR count). The summed E-state index contributed by atoms with van der Waals surface area (Å²) in [6.07, 6.45) is 3.57. The third-order valence-corrected chi connectivity index (χ3v) is 3.47. The van der Waals surface area contributed by atoms with Gasteiger partial charge in [-0.1, -0.05) is 11.6 Å². The number of halogens is 1. The van der Waals surface area contributed by atoms with Gasteiger partial charge in [0.05, 0.1) is 11.1 Å². The van der Waals surface area contributed by atoms with Crippen LogP contribution >= 0.6 is 11.6 Å². The molecule has 0 unspecified atom stereocenters. The molecule has 7 nitrogen and oxygen atoms in total. The van der Waals surface area contributed by atoms with Gasteiger partial charge in [-0.05, 0) is 19.1 Å². The molecular weight excluding hydrogens is 308 g/mol. The number of hydrogen-bond acceptors (Lipinski definition) is 4. The van der Waals surface area contributed by atoms with Crippen molar-refractivity contribution in [1.29, 1.82) is 0 Å². The molecule has 0 aliphatic carbocycles. The summed E-state index contributed by atoms with van der Waals surface area (Å²) in [5.74, 6) is -0.263. The Balaban J connectivity index is 2.13. The lowest BCUT2D eigenvalue weighted by Gasteiger charge is -2.16. The maximum atomic E-state index is 12.3. The quantitative estimate of drug-likeness (QED) is 0.626. The fourth-order valence-corrected chi connectivity index (χ4v) is 2.26. The van der Waals surface area contributed by atoms with E-state index in [0.29, 0.717) is 12.1 Å². The zero-order valence-electron chi connectivity index (χ0n) is 12.2. The Labute approximate surface area is 132 Å². The number of aromatic nitrogens is 2. The zero-order chi connectivity index (χ0) is 16.3. The highest BCUT2D eigenvalue weighted by atomic mass is 35.5. The Bertz CT molecular complexity index is 714. The first-order valence-electron chi connectivity index (χ1n) is 6.63. The largest absolute Gasteiger partial charge is 0.337 e. The van der Waals surface area contributed by atoms with E-state index in [4.69, 9.17) is 11.6 Å². The summed E-state index contributed by atoms with van der Waals surface area (Å²) in [5.41, 5.74) is 0.997. The van der Waals surface area contributed by atoms with Crippen LogP contribution in [0.5, 0.6) is 0 Å². The summed E-state index contributed by atoms with van der Waals surface area (Å²) in [6.45, 7) is 3.13. The number of nitro groups is 1. The van der Waals surface area contributed by atoms with Gasteiger partial charge in [0, 0.05) is 43.5 Å². The number of nitrogens with zero attached hydrogens (tertiary/aromatic N) is 4. The molecule has 2 aromatic rings. The molecule has 0 atom stereocenters. The molecule has 1 amide bonds. The molecule has 1 aromatic carbocycles. The Hall–Kier alpha value is -2.41. The van der Waals surface area contributed by atoms with E-state index in [1.165, 1.54) is 23.1 Å². The average molecular weight is 323 g/mol. The van der Waals surface area contributed by atoms with Gasteiger partial charge in [-0.2, -0.15) is 5.10 Å². The zero-order valence-corrected chi connectivity index (χ0v) is 12.9. The minimum absolute atomic E-state index is 0.0527. The predicted molar refractivity (Wildman–Crippen MR) is 81.8 cm³/mol. The van der Waals surface area contributed by atoms with Gasteiger partial charge >= 0.3 is 0 Å². The molecule has 0 aliphatic rings. The number of benzene rings is 1. The molecule has 0 radical (unpaired) electrons. The second kappa shape index (κ2) is 6.57. The number of rotatable bonds is 5. The molecule has 0 spiro atoms. The summed E-state index contributed by atoms with van der Waals surface area (Å²) < 4.78 is 1.77. The van der Waals surface area contributed by atoms with Crippen LogP contribution in [0.2, 0.25) is 5.02 Å². The van der Waals surface area contributed by atoms with Crippen LogP contribution in [0.15, 0.2) is 30.6 Å². The molecule has 0 bridgehead atoms. The van der Waals surface area contributed by atoms with Crippen LogP contribution in [-0.4, -0.2) is 32.6 Å². The van der Waals surface area contributed by atoms with E-state index in [1.807, 2.05) is 13.1 Å². The Morgan fingerprint density at radius 3 is 2.77 bits per heavy atom. The van der Waals surface area contributed by atoms with Gasteiger partial charge in [0.15, 0.2) is 0 Å². The van der Waals surface area contributed by atoms with Crippen LogP contribution in [0.1, 0.15) is 22.8 Å². The molecule has 22 heavy (non-hydrogen) atoms. The summed E-state index contributed by atoms with van der Waals surface area (Å²) in [6, 6.07) is 3.95. The van der Waals surface area contributed by atoms with E-state index in [-0.39, 0.29) is 16.6 Å². The lowest BCUT2D eigenvalue weighted by Crippen LogP contribution is -2.26. The predicted octanol–water partition coefficient (Wildman–Crippen LogP) is 2.74. The molecule has 0 fully saturated rings. The van der Waals surface area contributed by atoms with Crippen LogP contribution < -0.4 is 0 Å². The second-order valence-corrected chi connectivity index (χ2v) is 5.20. The Morgan fingerprint density at radius 1 is 1.50 bits per heavy atom. The van der Waals surface area contributed by atoms with E-state index in [0.717, 1.165) is 12.1 Å². The standard InChI is InChI=1S/C14H15ClN4O3/c1-3-18-9-10(7-16-18)8-17(2)14(20)11-4-5-13(19(21)22)12(15)6-11/h4-7,9H,3,8H2,1-2H3. The van der Waals surface area contributed by atoms with Crippen molar-refractivity contribution in [3.8, 4) is 0 Å². The van der Waals surface area contributed by atoms with Crippen molar-refractivity contribution in [2.75, 3.05) is 7.05 Å². The molecule has 0 N–H and O–H groups in total. The lowest BCUT2D eigenvalue weighted by molar-refractivity contribution is -0.384. The number of hydrogen-bond donors (Lipinski definition) is 0. The van der Waals surface area contributed by atoms with Crippen molar-refractivity contribution in [3.63, 3.8) is 0 Å². The van der Waals surface area contributed by atoms with Crippen LogP contribution in [0.4, 0.5) is 5.69 Å². The van der Waals surface area contributed by atoms with Gasteiger partial charge < -0.3 is 4.90 Å². The van der Waals surface area contributed by atoms with Gasteiger partial charge in [-0.15, -0.1) is 0 Å².